The van der Waals surface area contributed by atoms with Gasteiger partial charge >= 0.3 is 0 Å². The van der Waals surface area contributed by atoms with Crippen LogP contribution in [0.4, 0.5) is 14.6 Å². The molecule has 0 amide bonds. The molecule has 3 fully saturated rings. The van der Waals surface area contributed by atoms with E-state index in [1.165, 1.54) is 0 Å². The Hall–Kier alpha value is -3.14. The third-order valence-corrected chi connectivity index (χ3v) is 6.89. The van der Waals surface area contributed by atoms with Crippen LogP contribution in [0.5, 0.6) is 5.75 Å². The predicted molar refractivity (Wildman–Crippen MR) is 118 cm³/mol. The van der Waals surface area contributed by atoms with E-state index < -0.39 is 5.92 Å². The van der Waals surface area contributed by atoms with E-state index in [0.717, 1.165) is 24.0 Å². The molecule has 33 heavy (non-hydrogen) atoms. The standard InChI is InChI=1S/C23H25F2N7O/c24-23(25)8-15-6-18(7-16(9-23)29-15)32(17-2-3-17)21-12-26-22(31-30-21)19-4-1-13(5-20(19)33)14-10-27-28-11-14/h1,4-5,10-12,15-18,29,33H,2-3,6-9H2,(H,27,28)/t15-,16+,18?. The molecule has 1 aromatic carbocycles. The SMILES string of the molecule is Oc1cc(-c2cn[nH]c2)ccc1-c1ncc(N(C2CC2)C2C[C@@H]3CC(F)(F)C[C@H](C2)N3)nn1. The van der Waals surface area contributed by atoms with Gasteiger partial charge in [0.2, 0.25) is 0 Å². The zero-order chi connectivity index (χ0) is 22.6. The molecule has 3 atom stereocenters. The Morgan fingerprint density at radius 1 is 1.00 bits per heavy atom. The van der Waals surface area contributed by atoms with Gasteiger partial charge in [-0.1, -0.05) is 6.07 Å². The van der Waals surface area contributed by atoms with E-state index in [0.29, 0.717) is 36.1 Å². The van der Waals surface area contributed by atoms with Gasteiger partial charge in [-0.25, -0.2) is 13.8 Å². The number of rotatable bonds is 5. The first kappa shape index (κ1) is 20.5. The zero-order valence-electron chi connectivity index (χ0n) is 18.0. The van der Waals surface area contributed by atoms with Crippen molar-refractivity contribution in [1.29, 1.82) is 0 Å². The molecule has 1 unspecified atom stereocenters. The molecule has 0 radical (unpaired) electrons. The summed E-state index contributed by atoms with van der Waals surface area (Å²) < 4.78 is 28.0. The van der Waals surface area contributed by atoms with E-state index in [1.54, 1.807) is 30.7 Å². The highest BCUT2D eigenvalue weighted by atomic mass is 19.3. The Bertz CT molecular complexity index is 1120. The van der Waals surface area contributed by atoms with Crippen LogP contribution in [0, 0.1) is 0 Å². The molecular weight excluding hydrogens is 428 g/mol. The smallest absolute Gasteiger partial charge is 0.251 e. The Morgan fingerprint density at radius 2 is 1.79 bits per heavy atom. The molecule has 1 aliphatic carbocycles. The van der Waals surface area contributed by atoms with E-state index in [1.807, 2.05) is 6.07 Å². The van der Waals surface area contributed by atoms with Gasteiger partial charge in [-0.15, -0.1) is 10.2 Å². The molecule has 2 aromatic heterocycles. The second kappa shape index (κ2) is 7.72. The summed E-state index contributed by atoms with van der Waals surface area (Å²) in [6, 6.07) is 5.44. The number of phenols is 1. The number of hydrogen-bond acceptors (Lipinski definition) is 7. The van der Waals surface area contributed by atoms with Crippen molar-refractivity contribution >= 4 is 5.82 Å². The molecule has 0 spiro atoms. The van der Waals surface area contributed by atoms with Crippen molar-refractivity contribution < 1.29 is 13.9 Å². The summed E-state index contributed by atoms with van der Waals surface area (Å²) >= 11 is 0. The number of benzene rings is 1. The molecule has 4 heterocycles. The summed E-state index contributed by atoms with van der Waals surface area (Å²) in [6.07, 6.45) is 8.39. The molecule has 172 valence electrons. The van der Waals surface area contributed by atoms with Crippen LogP contribution in [0.3, 0.4) is 0 Å². The number of phenolic OH excluding ortho intramolecular Hbond substituents is 1. The normalized spacial score (nSPS) is 26.2. The van der Waals surface area contributed by atoms with Gasteiger partial charge in [0.25, 0.3) is 5.92 Å². The lowest BCUT2D eigenvalue weighted by molar-refractivity contribution is -0.0671. The lowest BCUT2D eigenvalue weighted by atomic mass is 9.81. The number of nitrogens with one attached hydrogen (secondary N) is 2. The van der Waals surface area contributed by atoms with Crippen LogP contribution in [0.15, 0.2) is 36.8 Å². The maximum atomic E-state index is 14.0. The van der Waals surface area contributed by atoms with Gasteiger partial charge in [0.1, 0.15) is 5.75 Å². The topological polar surface area (TPSA) is 103 Å². The summed E-state index contributed by atoms with van der Waals surface area (Å²) in [4.78, 5) is 6.74. The number of nitrogens with zero attached hydrogens (tertiary/aromatic N) is 5. The van der Waals surface area contributed by atoms with Gasteiger partial charge in [0.15, 0.2) is 11.6 Å². The molecule has 2 saturated heterocycles. The largest absolute Gasteiger partial charge is 0.507 e. The molecule has 6 rings (SSSR count). The van der Waals surface area contributed by atoms with Crippen molar-refractivity contribution in [1.82, 2.24) is 30.7 Å². The van der Waals surface area contributed by atoms with Crippen LogP contribution in [0.25, 0.3) is 22.5 Å². The first-order valence-electron chi connectivity index (χ1n) is 11.4. The number of piperidine rings is 2. The van der Waals surface area contributed by atoms with E-state index >= 15 is 0 Å². The molecule has 2 bridgehead atoms. The third kappa shape index (κ3) is 4.03. The van der Waals surface area contributed by atoms with Crippen molar-refractivity contribution in [3.8, 4) is 28.3 Å². The van der Waals surface area contributed by atoms with Crippen LogP contribution < -0.4 is 10.2 Å². The number of H-pyrrole nitrogens is 1. The van der Waals surface area contributed by atoms with E-state index in [9.17, 15) is 13.9 Å². The number of aromatic amines is 1. The van der Waals surface area contributed by atoms with E-state index in [4.69, 9.17) is 0 Å². The average molecular weight is 453 g/mol. The van der Waals surface area contributed by atoms with Gasteiger partial charge in [-0.3, -0.25) is 5.10 Å². The summed E-state index contributed by atoms with van der Waals surface area (Å²) in [6.45, 7) is 0. The average Bonchev–Trinajstić information content (AvgIpc) is 3.44. The molecule has 2 aliphatic heterocycles. The highest BCUT2D eigenvalue weighted by molar-refractivity contribution is 5.72. The van der Waals surface area contributed by atoms with Crippen LogP contribution in [0.1, 0.15) is 38.5 Å². The van der Waals surface area contributed by atoms with Gasteiger partial charge in [-0.2, -0.15) is 5.10 Å². The number of anilines is 1. The zero-order valence-corrected chi connectivity index (χ0v) is 18.0. The lowest BCUT2D eigenvalue weighted by Crippen LogP contribution is -2.59. The molecule has 8 nitrogen and oxygen atoms in total. The van der Waals surface area contributed by atoms with Gasteiger partial charge in [-0.05, 0) is 43.4 Å². The van der Waals surface area contributed by atoms with Crippen LogP contribution >= 0.6 is 0 Å². The molecule has 3 N–H and O–H groups in total. The van der Waals surface area contributed by atoms with E-state index in [-0.39, 0.29) is 36.7 Å². The fraction of sp³-hybridized carbons (Fsp3) is 0.478. The fourth-order valence-electron chi connectivity index (χ4n) is 5.38. The monoisotopic (exact) mass is 453 g/mol. The summed E-state index contributed by atoms with van der Waals surface area (Å²) in [5.41, 5.74) is 2.20. The van der Waals surface area contributed by atoms with Crippen molar-refractivity contribution in [2.24, 2.45) is 0 Å². The second-order valence-electron chi connectivity index (χ2n) is 9.45. The number of fused-ring (bicyclic) bond motifs is 2. The van der Waals surface area contributed by atoms with Crippen LogP contribution in [0.2, 0.25) is 0 Å². The highest BCUT2D eigenvalue weighted by Gasteiger charge is 2.47. The number of aromatic nitrogens is 5. The Balaban J connectivity index is 1.23. The molecule has 3 aromatic rings. The minimum Gasteiger partial charge on any atom is -0.507 e. The lowest BCUT2D eigenvalue weighted by Gasteiger charge is -2.47. The third-order valence-electron chi connectivity index (χ3n) is 6.89. The van der Waals surface area contributed by atoms with Crippen molar-refractivity contribution in [3.05, 3.63) is 36.8 Å². The minimum absolute atomic E-state index is 0.0643. The number of aromatic hydroxyl groups is 1. The van der Waals surface area contributed by atoms with Gasteiger partial charge in [0, 0.05) is 48.8 Å². The van der Waals surface area contributed by atoms with Crippen molar-refractivity contribution in [2.45, 2.75) is 68.6 Å². The first-order valence-corrected chi connectivity index (χ1v) is 11.4. The molecular formula is C23H25F2N7O. The maximum Gasteiger partial charge on any atom is 0.251 e. The Kier molecular flexibility index (Phi) is 4.79. The minimum atomic E-state index is -2.58. The predicted octanol–water partition coefficient (Wildman–Crippen LogP) is 3.52. The Labute approximate surface area is 189 Å². The fourth-order valence-corrected chi connectivity index (χ4v) is 5.38. The summed E-state index contributed by atoms with van der Waals surface area (Å²) in [5.74, 6) is -1.50. The summed E-state index contributed by atoms with van der Waals surface area (Å²) in [5, 5.41) is 29.3. The van der Waals surface area contributed by atoms with Crippen molar-refractivity contribution in [3.63, 3.8) is 0 Å². The van der Waals surface area contributed by atoms with E-state index in [2.05, 4.69) is 35.6 Å². The van der Waals surface area contributed by atoms with Crippen LogP contribution in [-0.4, -0.2) is 60.6 Å². The summed E-state index contributed by atoms with van der Waals surface area (Å²) in [7, 11) is 0. The second-order valence-corrected chi connectivity index (χ2v) is 9.45. The van der Waals surface area contributed by atoms with Crippen molar-refractivity contribution in [2.75, 3.05) is 4.90 Å². The molecule has 3 aliphatic rings. The Morgan fingerprint density at radius 3 is 2.39 bits per heavy atom. The molecule has 10 heteroatoms. The quantitative estimate of drug-likeness (QED) is 0.543. The van der Waals surface area contributed by atoms with Gasteiger partial charge < -0.3 is 15.3 Å². The first-order chi connectivity index (χ1) is 15.9. The number of hydrogen-bond donors (Lipinski definition) is 3. The number of halogens is 2. The number of alkyl halides is 2. The van der Waals surface area contributed by atoms with Crippen LogP contribution in [-0.2, 0) is 0 Å². The molecule has 1 saturated carbocycles. The highest BCUT2D eigenvalue weighted by Crippen LogP contribution is 2.41. The van der Waals surface area contributed by atoms with Gasteiger partial charge in [0.05, 0.1) is 18.0 Å². The maximum absolute atomic E-state index is 14.0.